The molecule has 2 heterocycles. The predicted molar refractivity (Wildman–Crippen MR) is 117 cm³/mol. The zero-order valence-electron chi connectivity index (χ0n) is 17.9. The van der Waals surface area contributed by atoms with E-state index in [0.29, 0.717) is 12.3 Å². The Morgan fingerprint density at radius 1 is 1.19 bits per heavy atom. The van der Waals surface area contributed by atoms with Gasteiger partial charge in [-0.2, -0.15) is 13.2 Å². The summed E-state index contributed by atoms with van der Waals surface area (Å²) in [7, 11) is -1.33. The van der Waals surface area contributed by atoms with Crippen molar-refractivity contribution in [2.45, 2.75) is 38.6 Å². The molecule has 2 N–H and O–H groups in total. The Bertz CT molecular complexity index is 1090. The molecule has 0 aliphatic carbocycles. The van der Waals surface area contributed by atoms with Crippen LogP contribution >= 0.6 is 0 Å². The molecule has 0 aliphatic heterocycles. The number of ether oxygens (including phenoxy) is 2. The Morgan fingerprint density at radius 2 is 1.88 bits per heavy atom. The van der Waals surface area contributed by atoms with Gasteiger partial charge in [0.25, 0.3) is 0 Å². The van der Waals surface area contributed by atoms with Crippen LogP contribution in [0.2, 0.25) is 25.7 Å². The number of carboxylic acid groups (broad SMARTS) is 1. The zero-order valence-corrected chi connectivity index (χ0v) is 18.9. The first-order valence-corrected chi connectivity index (χ1v) is 13.6. The minimum absolute atomic E-state index is 0.0119. The first-order valence-electron chi connectivity index (χ1n) is 9.85. The van der Waals surface area contributed by atoms with Crippen molar-refractivity contribution >= 4 is 30.9 Å². The van der Waals surface area contributed by atoms with Gasteiger partial charge in [0.1, 0.15) is 23.9 Å². The third-order valence-electron chi connectivity index (χ3n) is 4.58. The Kier molecular flexibility index (Phi) is 6.79. The third-order valence-corrected chi connectivity index (χ3v) is 6.29. The van der Waals surface area contributed by atoms with Crippen molar-refractivity contribution in [2.75, 3.05) is 11.9 Å². The minimum atomic E-state index is -4.61. The summed E-state index contributed by atoms with van der Waals surface area (Å²) < 4.78 is 54.0. The van der Waals surface area contributed by atoms with Gasteiger partial charge in [0, 0.05) is 32.8 Å². The van der Waals surface area contributed by atoms with Crippen LogP contribution in [0.4, 0.5) is 23.7 Å². The molecule has 32 heavy (non-hydrogen) atoms. The molecule has 3 rings (SSSR count). The van der Waals surface area contributed by atoms with Gasteiger partial charge >= 0.3 is 12.3 Å². The largest absolute Gasteiger partial charge is 0.465 e. The molecule has 1 aromatic carbocycles. The molecule has 0 aliphatic rings. The van der Waals surface area contributed by atoms with E-state index in [4.69, 9.17) is 14.6 Å². The molecule has 3 aromatic rings. The Morgan fingerprint density at radius 3 is 2.47 bits per heavy atom. The van der Waals surface area contributed by atoms with Crippen LogP contribution in [-0.2, 0) is 17.6 Å². The fraction of sp³-hybridized carbons (Fsp3) is 0.333. The van der Waals surface area contributed by atoms with Crippen molar-refractivity contribution in [3.8, 4) is 11.5 Å². The average molecular weight is 468 g/mol. The molecule has 1 amide bonds. The van der Waals surface area contributed by atoms with Crippen LogP contribution in [0, 0.1) is 0 Å². The Hall–Kier alpha value is -3.05. The Balaban J connectivity index is 1.90. The molecule has 0 unspecified atom stereocenters. The molecular weight excluding hydrogens is 443 g/mol. The van der Waals surface area contributed by atoms with E-state index in [-0.39, 0.29) is 29.3 Å². The summed E-state index contributed by atoms with van der Waals surface area (Å²) in [6.07, 6.45) is -3.48. The van der Waals surface area contributed by atoms with Crippen molar-refractivity contribution < 1.29 is 32.5 Å². The lowest BCUT2D eigenvalue weighted by Gasteiger charge is -2.15. The molecule has 0 saturated carbocycles. The van der Waals surface area contributed by atoms with Gasteiger partial charge in [0.05, 0.1) is 10.9 Å². The van der Waals surface area contributed by atoms with E-state index >= 15 is 0 Å². The fourth-order valence-electron chi connectivity index (χ4n) is 2.98. The smallest absolute Gasteiger partial charge is 0.418 e. The lowest BCUT2D eigenvalue weighted by Crippen LogP contribution is -2.22. The van der Waals surface area contributed by atoms with E-state index < -0.39 is 25.9 Å². The van der Waals surface area contributed by atoms with Crippen LogP contribution in [0.5, 0.6) is 11.5 Å². The highest BCUT2D eigenvalue weighted by molar-refractivity contribution is 6.76. The summed E-state index contributed by atoms with van der Waals surface area (Å²) in [5.74, 6) is 0.239. The number of alkyl halides is 3. The number of fused-ring (bicyclic) bond motifs is 1. The first kappa shape index (κ1) is 23.6. The second kappa shape index (κ2) is 9.21. The highest BCUT2D eigenvalue weighted by Gasteiger charge is 2.36. The standard InChI is InChI=1S/C21H24F3N3O4Si/c1-32(2,3)11-10-30-13-27-12-16(21(22,23)24)18-17(8-9-25-19(18)27)31-15-6-4-14(5-7-15)26-20(28)29/h4-9,12,26H,10-11,13H2,1-3H3,(H,28,29). The number of anilines is 1. The molecule has 0 saturated heterocycles. The maximum atomic E-state index is 13.8. The molecule has 0 radical (unpaired) electrons. The maximum absolute atomic E-state index is 13.8. The molecule has 0 fully saturated rings. The van der Waals surface area contributed by atoms with E-state index in [2.05, 4.69) is 29.9 Å². The zero-order chi connectivity index (χ0) is 23.5. The second-order valence-electron chi connectivity index (χ2n) is 8.42. The first-order chi connectivity index (χ1) is 14.9. The van der Waals surface area contributed by atoms with Gasteiger partial charge in [-0.3, -0.25) is 5.32 Å². The number of amides is 1. The number of hydrogen-bond donors (Lipinski definition) is 2. The Labute approximate surface area is 183 Å². The second-order valence-corrected chi connectivity index (χ2v) is 14.0. The SMILES string of the molecule is C[Si](C)(C)CCOCn1cc(C(F)(F)F)c2c(Oc3ccc(NC(=O)O)cc3)ccnc21. The number of hydrogen-bond acceptors (Lipinski definition) is 4. The van der Waals surface area contributed by atoms with Crippen LogP contribution in [0.25, 0.3) is 11.0 Å². The van der Waals surface area contributed by atoms with Crippen LogP contribution in [-0.4, -0.2) is 35.4 Å². The van der Waals surface area contributed by atoms with Gasteiger partial charge < -0.3 is 19.1 Å². The van der Waals surface area contributed by atoms with Gasteiger partial charge in [0.15, 0.2) is 0 Å². The van der Waals surface area contributed by atoms with Crippen LogP contribution in [0.15, 0.2) is 42.7 Å². The summed E-state index contributed by atoms with van der Waals surface area (Å²) in [5.41, 5.74) is -0.456. The number of halogens is 3. The molecule has 0 atom stereocenters. The van der Waals surface area contributed by atoms with Crippen molar-refractivity contribution in [1.29, 1.82) is 0 Å². The number of nitrogens with zero attached hydrogens (tertiary/aromatic N) is 2. The van der Waals surface area contributed by atoms with Crippen molar-refractivity contribution in [2.24, 2.45) is 0 Å². The third kappa shape index (κ3) is 6.01. The van der Waals surface area contributed by atoms with E-state index in [9.17, 15) is 18.0 Å². The number of rotatable bonds is 8. The lowest BCUT2D eigenvalue weighted by atomic mass is 10.2. The summed E-state index contributed by atoms with van der Waals surface area (Å²) in [6.45, 7) is 6.99. The van der Waals surface area contributed by atoms with Crippen LogP contribution < -0.4 is 10.1 Å². The van der Waals surface area contributed by atoms with E-state index in [0.717, 1.165) is 12.2 Å². The summed E-state index contributed by atoms with van der Waals surface area (Å²) in [6, 6.07) is 8.07. The maximum Gasteiger partial charge on any atom is 0.418 e. The summed E-state index contributed by atoms with van der Waals surface area (Å²) in [4.78, 5) is 14.8. The molecule has 7 nitrogen and oxygen atoms in total. The normalized spacial score (nSPS) is 12.2. The van der Waals surface area contributed by atoms with Crippen molar-refractivity contribution in [1.82, 2.24) is 9.55 Å². The van der Waals surface area contributed by atoms with Gasteiger partial charge in [-0.15, -0.1) is 0 Å². The van der Waals surface area contributed by atoms with Crippen molar-refractivity contribution in [3.63, 3.8) is 0 Å². The summed E-state index contributed by atoms with van der Waals surface area (Å²) in [5, 5.41) is 10.8. The molecule has 172 valence electrons. The van der Waals surface area contributed by atoms with Gasteiger partial charge in [-0.1, -0.05) is 19.6 Å². The fourth-order valence-corrected chi connectivity index (χ4v) is 3.74. The highest BCUT2D eigenvalue weighted by atomic mass is 28.3. The average Bonchev–Trinajstić information content (AvgIpc) is 3.06. The molecule has 0 bridgehead atoms. The lowest BCUT2D eigenvalue weighted by molar-refractivity contribution is -0.136. The van der Waals surface area contributed by atoms with E-state index in [1.807, 2.05) is 0 Å². The quantitative estimate of drug-likeness (QED) is 0.302. The van der Waals surface area contributed by atoms with E-state index in [1.54, 1.807) is 0 Å². The van der Waals surface area contributed by atoms with Gasteiger partial charge in [0.2, 0.25) is 0 Å². The highest BCUT2D eigenvalue weighted by Crippen LogP contribution is 2.41. The monoisotopic (exact) mass is 467 g/mol. The van der Waals surface area contributed by atoms with Gasteiger partial charge in [-0.05, 0) is 36.4 Å². The summed E-state index contributed by atoms with van der Waals surface area (Å²) >= 11 is 0. The van der Waals surface area contributed by atoms with E-state index in [1.165, 1.54) is 41.1 Å². The van der Waals surface area contributed by atoms with Crippen LogP contribution in [0.3, 0.4) is 0 Å². The molecule has 2 aromatic heterocycles. The molecule has 0 spiro atoms. The van der Waals surface area contributed by atoms with Crippen LogP contribution in [0.1, 0.15) is 5.56 Å². The number of nitrogens with one attached hydrogen (secondary N) is 1. The number of carbonyl (C=O) groups is 1. The predicted octanol–water partition coefficient (Wildman–Crippen LogP) is 6.25. The minimum Gasteiger partial charge on any atom is -0.465 e. The van der Waals surface area contributed by atoms with Crippen molar-refractivity contribution in [3.05, 3.63) is 48.3 Å². The van der Waals surface area contributed by atoms with Gasteiger partial charge in [-0.25, -0.2) is 9.78 Å². The number of aromatic nitrogens is 2. The number of pyridine rings is 1. The molecule has 11 heteroatoms. The molecular formula is C21H24F3N3O4Si. The number of benzene rings is 1. The topological polar surface area (TPSA) is 85.6 Å².